The van der Waals surface area contributed by atoms with Crippen LogP contribution >= 0.6 is 0 Å². The quantitative estimate of drug-likeness (QED) is 0.867. The van der Waals surface area contributed by atoms with Crippen LogP contribution in [0.15, 0.2) is 12.1 Å². The average Bonchev–Trinajstić information content (AvgIpc) is 2.23. The summed E-state index contributed by atoms with van der Waals surface area (Å²) in [5.74, 6) is 0.983. The van der Waals surface area contributed by atoms with Gasteiger partial charge in [0, 0.05) is 5.41 Å². The van der Waals surface area contributed by atoms with Crippen molar-refractivity contribution in [1.82, 2.24) is 0 Å². The molecule has 1 saturated heterocycles. The van der Waals surface area contributed by atoms with E-state index < -0.39 is 0 Å². The number of rotatable bonds is 4. The van der Waals surface area contributed by atoms with Crippen molar-refractivity contribution in [2.24, 2.45) is 5.73 Å². The molecule has 0 atom stereocenters. The molecule has 1 aromatic rings. The van der Waals surface area contributed by atoms with Crippen LogP contribution in [0, 0.1) is 13.8 Å². The minimum Gasteiger partial charge on any atom is -0.496 e. The average molecular weight is 235 g/mol. The maximum Gasteiger partial charge on any atom is 0.124 e. The number of ether oxygens (including phenoxy) is 2. The van der Waals surface area contributed by atoms with Gasteiger partial charge in [-0.1, -0.05) is 12.1 Å². The van der Waals surface area contributed by atoms with E-state index in [1.807, 2.05) is 0 Å². The zero-order valence-corrected chi connectivity index (χ0v) is 10.9. The lowest BCUT2D eigenvalue weighted by Crippen LogP contribution is -2.48. The standard InChI is InChI=1S/C14H21NO2/c1-10-6-12(7-11(2)13(10)16-3)14(4-5-15)8-17-9-14/h6-7H,4-5,8-9,15H2,1-3H3. The summed E-state index contributed by atoms with van der Waals surface area (Å²) in [7, 11) is 1.72. The maximum atomic E-state index is 5.71. The highest BCUT2D eigenvalue weighted by atomic mass is 16.5. The van der Waals surface area contributed by atoms with Gasteiger partial charge < -0.3 is 15.2 Å². The van der Waals surface area contributed by atoms with Crippen molar-refractivity contribution in [3.8, 4) is 5.75 Å². The molecule has 3 nitrogen and oxygen atoms in total. The lowest BCUT2D eigenvalue weighted by atomic mass is 9.75. The van der Waals surface area contributed by atoms with Crippen LogP contribution in [0.2, 0.25) is 0 Å². The first kappa shape index (κ1) is 12.4. The Morgan fingerprint density at radius 2 is 1.88 bits per heavy atom. The van der Waals surface area contributed by atoms with Crippen LogP contribution < -0.4 is 10.5 Å². The number of nitrogens with two attached hydrogens (primary N) is 1. The number of hydrogen-bond acceptors (Lipinski definition) is 3. The Bertz CT molecular complexity index is 388. The molecule has 0 aromatic heterocycles. The molecule has 1 aliphatic heterocycles. The van der Waals surface area contributed by atoms with Gasteiger partial charge in [-0.2, -0.15) is 0 Å². The van der Waals surface area contributed by atoms with E-state index >= 15 is 0 Å². The second-order valence-corrected chi connectivity index (χ2v) is 4.96. The van der Waals surface area contributed by atoms with Gasteiger partial charge in [0.25, 0.3) is 0 Å². The van der Waals surface area contributed by atoms with Gasteiger partial charge in [0.05, 0.1) is 20.3 Å². The molecular formula is C14H21NO2. The number of aryl methyl sites for hydroxylation is 2. The van der Waals surface area contributed by atoms with Crippen LogP contribution in [-0.4, -0.2) is 26.9 Å². The summed E-state index contributed by atoms with van der Waals surface area (Å²) in [5, 5.41) is 0. The lowest BCUT2D eigenvalue weighted by molar-refractivity contribution is -0.0631. The highest BCUT2D eigenvalue weighted by Crippen LogP contribution is 2.38. The smallest absolute Gasteiger partial charge is 0.124 e. The molecule has 17 heavy (non-hydrogen) atoms. The van der Waals surface area contributed by atoms with Crippen molar-refractivity contribution < 1.29 is 9.47 Å². The Balaban J connectivity index is 2.39. The number of methoxy groups -OCH3 is 1. The molecule has 3 heteroatoms. The van der Waals surface area contributed by atoms with Crippen molar-refractivity contribution in [3.05, 3.63) is 28.8 Å². The van der Waals surface area contributed by atoms with Crippen LogP contribution in [0.4, 0.5) is 0 Å². The third-order valence-corrected chi connectivity index (χ3v) is 3.66. The fourth-order valence-corrected chi connectivity index (χ4v) is 2.66. The molecule has 1 aliphatic rings. The van der Waals surface area contributed by atoms with Gasteiger partial charge in [0.2, 0.25) is 0 Å². The Morgan fingerprint density at radius 3 is 2.24 bits per heavy atom. The Morgan fingerprint density at radius 1 is 1.29 bits per heavy atom. The molecule has 0 unspecified atom stereocenters. The maximum absolute atomic E-state index is 5.71. The van der Waals surface area contributed by atoms with Gasteiger partial charge in [-0.3, -0.25) is 0 Å². The van der Waals surface area contributed by atoms with Crippen molar-refractivity contribution in [1.29, 1.82) is 0 Å². The molecule has 1 fully saturated rings. The van der Waals surface area contributed by atoms with E-state index in [1.165, 1.54) is 16.7 Å². The van der Waals surface area contributed by atoms with E-state index in [0.29, 0.717) is 6.54 Å². The normalized spacial score (nSPS) is 17.6. The highest BCUT2D eigenvalue weighted by Gasteiger charge is 2.39. The van der Waals surface area contributed by atoms with E-state index in [1.54, 1.807) is 7.11 Å². The van der Waals surface area contributed by atoms with E-state index in [2.05, 4.69) is 26.0 Å². The molecular weight excluding hydrogens is 214 g/mol. The summed E-state index contributed by atoms with van der Waals surface area (Å²) in [4.78, 5) is 0. The summed E-state index contributed by atoms with van der Waals surface area (Å²) in [6.45, 7) is 6.45. The largest absolute Gasteiger partial charge is 0.496 e. The van der Waals surface area contributed by atoms with E-state index in [-0.39, 0.29) is 5.41 Å². The van der Waals surface area contributed by atoms with E-state index in [0.717, 1.165) is 25.4 Å². The van der Waals surface area contributed by atoms with Crippen molar-refractivity contribution in [3.63, 3.8) is 0 Å². The summed E-state index contributed by atoms with van der Waals surface area (Å²) in [6, 6.07) is 4.42. The number of benzene rings is 1. The van der Waals surface area contributed by atoms with E-state index in [9.17, 15) is 0 Å². The first-order valence-corrected chi connectivity index (χ1v) is 6.06. The fourth-order valence-electron chi connectivity index (χ4n) is 2.66. The SMILES string of the molecule is COc1c(C)cc(C2(CCN)COC2)cc1C. The molecule has 94 valence electrons. The van der Waals surface area contributed by atoms with Gasteiger partial charge in [-0.25, -0.2) is 0 Å². The molecule has 1 heterocycles. The molecule has 0 amide bonds. The molecule has 0 bridgehead atoms. The molecule has 1 aromatic carbocycles. The predicted molar refractivity (Wildman–Crippen MR) is 68.6 cm³/mol. The molecule has 2 rings (SSSR count). The monoisotopic (exact) mass is 235 g/mol. The van der Waals surface area contributed by atoms with Crippen LogP contribution in [0.25, 0.3) is 0 Å². The first-order valence-electron chi connectivity index (χ1n) is 6.06. The topological polar surface area (TPSA) is 44.5 Å². The lowest BCUT2D eigenvalue weighted by Gasteiger charge is -2.42. The Kier molecular flexibility index (Phi) is 3.40. The third kappa shape index (κ3) is 2.05. The zero-order chi connectivity index (χ0) is 12.5. The fraction of sp³-hybridized carbons (Fsp3) is 0.571. The molecule has 0 spiro atoms. The van der Waals surface area contributed by atoms with E-state index in [4.69, 9.17) is 15.2 Å². The summed E-state index contributed by atoms with van der Waals surface area (Å²) < 4.78 is 10.8. The van der Waals surface area contributed by atoms with Gasteiger partial charge in [0.15, 0.2) is 0 Å². The van der Waals surface area contributed by atoms with Crippen molar-refractivity contribution >= 4 is 0 Å². The van der Waals surface area contributed by atoms with Crippen LogP contribution in [0.3, 0.4) is 0 Å². The second-order valence-electron chi connectivity index (χ2n) is 4.96. The predicted octanol–water partition coefficient (Wildman–Crippen LogP) is 1.93. The molecule has 0 aliphatic carbocycles. The van der Waals surface area contributed by atoms with Crippen molar-refractivity contribution in [2.75, 3.05) is 26.9 Å². The first-order chi connectivity index (χ1) is 8.13. The Hall–Kier alpha value is -1.06. The summed E-state index contributed by atoms with van der Waals surface area (Å²) >= 11 is 0. The Labute approximate surface area is 103 Å². The van der Waals surface area contributed by atoms with Gasteiger partial charge in [0.1, 0.15) is 5.75 Å². The number of hydrogen-bond donors (Lipinski definition) is 1. The summed E-state index contributed by atoms with van der Waals surface area (Å²) in [5.41, 5.74) is 9.56. The van der Waals surface area contributed by atoms with Gasteiger partial charge in [-0.15, -0.1) is 0 Å². The second kappa shape index (κ2) is 4.67. The van der Waals surface area contributed by atoms with Gasteiger partial charge >= 0.3 is 0 Å². The van der Waals surface area contributed by atoms with Crippen LogP contribution in [0.5, 0.6) is 5.75 Å². The summed E-state index contributed by atoms with van der Waals surface area (Å²) in [6.07, 6.45) is 0.984. The molecule has 2 N–H and O–H groups in total. The van der Waals surface area contributed by atoms with Gasteiger partial charge in [-0.05, 0) is 43.5 Å². The molecule has 0 radical (unpaired) electrons. The highest BCUT2D eigenvalue weighted by molar-refractivity contribution is 5.46. The molecule has 0 saturated carbocycles. The minimum absolute atomic E-state index is 0.135. The van der Waals surface area contributed by atoms with Crippen molar-refractivity contribution in [2.45, 2.75) is 25.7 Å². The van der Waals surface area contributed by atoms with Crippen LogP contribution in [0.1, 0.15) is 23.1 Å². The third-order valence-electron chi connectivity index (χ3n) is 3.66. The minimum atomic E-state index is 0.135. The van der Waals surface area contributed by atoms with Crippen LogP contribution in [-0.2, 0) is 10.2 Å². The zero-order valence-electron chi connectivity index (χ0n) is 10.9.